The van der Waals surface area contributed by atoms with E-state index in [4.69, 9.17) is 4.52 Å². The first-order chi connectivity index (χ1) is 6.43. The zero-order chi connectivity index (χ0) is 9.36. The number of hydrogen-bond donors (Lipinski definition) is 1. The van der Waals surface area contributed by atoms with Crippen LogP contribution in [-0.2, 0) is 6.42 Å². The molecule has 74 valence electrons. The van der Waals surface area contributed by atoms with Crippen molar-refractivity contribution < 1.29 is 4.52 Å². The topological polar surface area (TPSA) is 51.0 Å². The quantitative estimate of drug-likeness (QED) is 0.649. The number of unbranched alkanes of at least 4 members (excludes halogenated alkanes) is 2. The van der Waals surface area contributed by atoms with Gasteiger partial charge in [0.05, 0.1) is 0 Å². The van der Waals surface area contributed by atoms with Crippen molar-refractivity contribution in [3.63, 3.8) is 0 Å². The highest BCUT2D eigenvalue weighted by molar-refractivity contribution is 4.74. The Hall–Kier alpha value is -0.900. The molecule has 0 aromatic carbocycles. The Bertz CT molecular complexity index is 199. The molecule has 0 fully saturated rings. The minimum Gasteiger partial charge on any atom is -0.340 e. The van der Waals surface area contributed by atoms with Crippen LogP contribution < -0.4 is 5.32 Å². The lowest BCUT2D eigenvalue weighted by molar-refractivity contribution is 0.374. The van der Waals surface area contributed by atoms with Gasteiger partial charge in [-0.1, -0.05) is 24.9 Å². The van der Waals surface area contributed by atoms with Crippen LogP contribution in [-0.4, -0.2) is 23.2 Å². The van der Waals surface area contributed by atoms with E-state index in [1.165, 1.54) is 25.6 Å². The third kappa shape index (κ3) is 4.62. The lowest BCUT2D eigenvalue weighted by Crippen LogP contribution is -2.18. The second-order valence-corrected chi connectivity index (χ2v) is 3.04. The highest BCUT2D eigenvalue weighted by Gasteiger charge is 1.96. The van der Waals surface area contributed by atoms with E-state index in [0.717, 1.165) is 19.5 Å². The largest absolute Gasteiger partial charge is 0.340 e. The summed E-state index contributed by atoms with van der Waals surface area (Å²) in [4.78, 5) is 3.93. The SMILES string of the molecule is CCCCCNCCc1ncno1. The fraction of sp³-hybridized carbons (Fsp3) is 0.778. The molecule has 0 amide bonds. The van der Waals surface area contributed by atoms with Crippen LogP contribution in [0.3, 0.4) is 0 Å². The summed E-state index contributed by atoms with van der Waals surface area (Å²) >= 11 is 0. The molecule has 0 saturated heterocycles. The normalized spacial score (nSPS) is 10.5. The number of nitrogens with one attached hydrogen (secondary N) is 1. The fourth-order valence-corrected chi connectivity index (χ4v) is 1.13. The van der Waals surface area contributed by atoms with Crippen LogP contribution in [0.15, 0.2) is 10.9 Å². The van der Waals surface area contributed by atoms with Crippen molar-refractivity contribution in [2.75, 3.05) is 13.1 Å². The van der Waals surface area contributed by atoms with Crippen LogP contribution in [0.5, 0.6) is 0 Å². The molecule has 13 heavy (non-hydrogen) atoms. The molecular weight excluding hydrogens is 166 g/mol. The van der Waals surface area contributed by atoms with Crippen LogP contribution >= 0.6 is 0 Å². The third-order valence-electron chi connectivity index (χ3n) is 1.88. The van der Waals surface area contributed by atoms with Crippen LogP contribution in [0.2, 0.25) is 0 Å². The lowest BCUT2D eigenvalue weighted by atomic mass is 10.2. The van der Waals surface area contributed by atoms with Gasteiger partial charge in [-0.05, 0) is 13.0 Å². The summed E-state index contributed by atoms with van der Waals surface area (Å²) in [7, 11) is 0. The summed E-state index contributed by atoms with van der Waals surface area (Å²) < 4.78 is 4.86. The Balaban J connectivity index is 1.90. The van der Waals surface area contributed by atoms with E-state index in [0.29, 0.717) is 5.89 Å². The molecule has 4 nitrogen and oxygen atoms in total. The van der Waals surface area contributed by atoms with Crippen molar-refractivity contribution in [3.05, 3.63) is 12.2 Å². The second-order valence-electron chi connectivity index (χ2n) is 3.04. The smallest absolute Gasteiger partial charge is 0.227 e. The zero-order valence-electron chi connectivity index (χ0n) is 8.12. The molecule has 0 radical (unpaired) electrons. The standard InChI is InChI=1S/C9H17N3O/c1-2-3-4-6-10-7-5-9-11-8-12-13-9/h8,10H,2-7H2,1H3. The Kier molecular flexibility index (Phi) is 5.17. The number of hydrogen-bond acceptors (Lipinski definition) is 4. The first kappa shape index (κ1) is 10.2. The van der Waals surface area contributed by atoms with E-state index in [1.54, 1.807) is 0 Å². The van der Waals surface area contributed by atoms with Gasteiger partial charge in [0, 0.05) is 13.0 Å². The summed E-state index contributed by atoms with van der Waals surface area (Å²) in [5.41, 5.74) is 0. The number of nitrogens with zero attached hydrogens (tertiary/aromatic N) is 2. The second kappa shape index (κ2) is 6.60. The van der Waals surface area contributed by atoms with E-state index < -0.39 is 0 Å². The predicted molar refractivity (Wildman–Crippen MR) is 50.4 cm³/mol. The zero-order valence-corrected chi connectivity index (χ0v) is 8.12. The van der Waals surface area contributed by atoms with E-state index >= 15 is 0 Å². The first-order valence-corrected chi connectivity index (χ1v) is 4.89. The third-order valence-corrected chi connectivity index (χ3v) is 1.88. The Morgan fingerprint density at radius 1 is 1.38 bits per heavy atom. The summed E-state index contributed by atoms with van der Waals surface area (Å²) in [5.74, 6) is 0.711. The van der Waals surface area contributed by atoms with Crippen molar-refractivity contribution >= 4 is 0 Å². The average Bonchev–Trinajstić information content (AvgIpc) is 2.63. The van der Waals surface area contributed by atoms with Crippen molar-refractivity contribution in [1.29, 1.82) is 0 Å². The minimum atomic E-state index is 0.711. The molecule has 0 aliphatic heterocycles. The Labute approximate surface area is 78.7 Å². The van der Waals surface area contributed by atoms with Gasteiger partial charge in [-0.3, -0.25) is 0 Å². The minimum absolute atomic E-state index is 0.711. The van der Waals surface area contributed by atoms with Gasteiger partial charge in [0.2, 0.25) is 5.89 Å². The molecule has 0 unspecified atom stereocenters. The number of rotatable bonds is 7. The van der Waals surface area contributed by atoms with Gasteiger partial charge in [-0.15, -0.1) is 0 Å². The molecule has 0 aliphatic carbocycles. The molecule has 0 spiro atoms. The van der Waals surface area contributed by atoms with Crippen molar-refractivity contribution in [2.24, 2.45) is 0 Å². The summed E-state index contributed by atoms with van der Waals surface area (Å²) in [6.07, 6.45) is 6.08. The van der Waals surface area contributed by atoms with Crippen LogP contribution in [0.4, 0.5) is 0 Å². The van der Waals surface area contributed by atoms with Crippen molar-refractivity contribution in [3.8, 4) is 0 Å². The molecule has 0 atom stereocenters. The average molecular weight is 183 g/mol. The monoisotopic (exact) mass is 183 g/mol. The molecule has 1 heterocycles. The molecule has 0 saturated carbocycles. The van der Waals surface area contributed by atoms with Gasteiger partial charge in [0.25, 0.3) is 0 Å². The fourth-order valence-electron chi connectivity index (χ4n) is 1.13. The molecule has 0 aliphatic rings. The first-order valence-electron chi connectivity index (χ1n) is 4.89. The highest BCUT2D eigenvalue weighted by Crippen LogP contribution is 1.92. The van der Waals surface area contributed by atoms with Crippen LogP contribution in [0, 0.1) is 0 Å². The van der Waals surface area contributed by atoms with E-state index in [1.807, 2.05) is 0 Å². The van der Waals surface area contributed by atoms with Crippen molar-refractivity contribution in [1.82, 2.24) is 15.5 Å². The van der Waals surface area contributed by atoms with Crippen LogP contribution in [0.1, 0.15) is 32.1 Å². The molecule has 4 heteroatoms. The molecular formula is C9H17N3O. The van der Waals surface area contributed by atoms with E-state index in [-0.39, 0.29) is 0 Å². The molecule has 1 aromatic rings. The van der Waals surface area contributed by atoms with Gasteiger partial charge < -0.3 is 9.84 Å². The van der Waals surface area contributed by atoms with Gasteiger partial charge in [0.1, 0.15) is 0 Å². The maximum Gasteiger partial charge on any atom is 0.227 e. The van der Waals surface area contributed by atoms with E-state index in [2.05, 4.69) is 22.4 Å². The molecule has 1 aromatic heterocycles. The highest BCUT2D eigenvalue weighted by atomic mass is 16.5. The van der Waals surface area contributed by atoms with Gasteiger partial charge in [-0.2, -0.15) is 4.98 Å². The summed E-state index contributed by atoms with van der Waals surface area (Å²) in [6, 6.07) is 0. The summed E-state index contributed by atoms with van der Waals surface area (Å²) in [6.45, 7) is 4.21. The molecule has 0 bridgehead atoms. The van der Waals surface area contributed by atoms with E-state index in [9.17, 15) is 0 Å². The summed E-state index contributed by atoms with van der Waals surface area (Å²) in [5, 5.41) is 6.87. The lowest BCUT2D eigenvalue weighted by Gasteiger charge is -2.00. The molecule has 1 rings (SSSR count). The van der Waals surface area contributed by atoms with Gasteiger partial charge in [-0.25, -0.2) is 0 Å². The number of aromatic nitrogens is 2. The van der Waals surface area contributed by atoms with Gasteiger partial charge in [0.15, 0.2) is 6.33 Å². The Morgan fingerprint density at radius 2 is 2.31 bits per heavy atom. The maximum atomic E-state index is 4.86. The van der Waals surface area contributed by atoms with Crippen molar-refractivity contribution in [2.45, 2.75) is 32.6 Å². The maximum absolute atomic E-state index is 4.86. The molecule has 1 N–H and O–H groups in total. The predicted octanol–water partition coefficient (Wildman–Crippen LogP) is 1.39. The van der Waals surface area contributed by atoms with Gasteiger partial charge >= 0.3 is 0 Å². The Morgan fingerprint density at radius 3 is 3.00 bits per heavy atom. The van der Waals surface area contributed by atoms with Crippen LogP contribution in [0.25, 0.3) is 0 Å².